The van der Waals surface area contributed by atoms with Crippen LogP contribution in [0.25, 0.3) is 0 Å². The minimum absolute atomic E-state index is 0. The molecule has 0 radical (unpaired) electrons. The Morgan fingerprint density at radius 3 is 2.73 bits per heavy atom. The van der Waals surface area contributed by atoms with Crippen LogP contribution >= 0.6 is 46.7 Å². The van der Waals surface area contributed by atoms with E-state index in [4.69, 9.17) is 0 Å². The lowest BCUT2D eigenvalue weighted by Crippen LogP contribution is -2.37. The first-order valence-electron chi connectivity index (χ1n) is 7.10. The molecule has 0 fully saturated rings. The molecule has 2 heterocycles. The van der Waals surface area contributed by atoms with Gasteiger partial charge in [0, 0.05) is 29.8 Å². The van der Waals surface area contributed by atoms with Crippen LogP contribution in [0.4, 0.5) is 0 Å². The number of nitrogens with one attached hydrogen (secondary N) is 2. The maximum absolute atomic E-state index is 4.61. The number of guanidine groups is 1. The van der Waals surface area contributed by atoms with Gasteiger partial charge in [0.1, 0.15) is 0 Å². The molecular weight excluding hydrogens is 427 g/mol. The van der Waals surface area contributed by atoms with Crippen molar-refractivity contribution in [2.45, 2.75) is 32.7 Å². The van der Waals surface area contributed by atoms with Crippen molar-refractivity contribution in [3.8, 4) is 0 Å². The van der Waals surface area contributed by atoms with Gasteiger partial charge in [-0.05, 0) is 17.9 Å². The number of thiophene rings is 1. The Morgan fingerprint density at radius 1 is 1.32 bits per heavy atom. The van der Waals surface area contributed by atoms with Gasteiger partial charge in [0.25, 0.3) is 0 Å². The molecule has 2 N–H and O–H groups in total. The Hall–Kier alpha value is -0.670. The summed E-state index contributed by atoms with van der Waals surface area (Å²) in [7, 11) is 1.79. The van der Waals surface area contributed by atoms with Gasteiger partial charge in [0.2, 0.25) is 0 Å². The lowest BCUT2D eigenvalue weighted by Gasteiger charge is -2.10. The first kappa shape index (κ1) is 19.4. The van der Waals surface area contributed by atoms with Crippen molar-refractivity contribution in [2.24, 2.45) is 4.99 Å². The molecule has 0 saturated heterocycles. The molecule has 2 aromatic heterocycles. The number of rotatable bonds is 6. The maximum atomic E-state index is 4.61. The second-order valence-corrected chi connectivity index (χ2v) is 6.94. The van der Waals surface area contributed by atoms with Gasteiger partial charge in [-0.15, -0.1) is 46.7 Å². The summed E-state index contributed by atoms with van der Waals surface area (Å²) in [6, 6.07) is 4.24. The molecule has 0 amide bonds. The van der Waals surface area contributed by atoms with Crippen molar-refractivity contribution >= 4 is 52.6 Å². The quantitative estimate of drug-likeness (QED) is 0.399. The monoisotopic (exact) mass is 450 g/mol. The van der Waals surface area contributed by atoms with Gasteiger partial charge in [-0.1, -0.05) is 19.9 Å². The molecule has 22 heavy (non-hydrogen) atoms. The van der Waals surface area contributed by atoms with Crippen LogP contribution in [0.1, 0.15) is 35.3 Å². The average Bonchev–Trinajstić information content (AvgIpc) is 3.13. The van der Waals surface area contributed by atoms with Crippen molar-refractivity contribution in [2.75, 3.05) is 13.6 Å². The number of aromatic nitrogens is 1. The smallest absolute Gasteiger partial charge is 0.191 e. The summed E-state index contributed by atoms with van der Waals surface area (Å²) in [4.78, 5) is 10.2. The second kappa shape index (κ2) is 10.2. The van der Waals surface area contributed by atoms with Gasteiger partial charge in [-0.25, -0.2) is 4.98 Å². The van der Waals surface area contributed by atoms with Crippen molar-refractivity contribution in [3.63, 3.8) is 0 Å². The maximum Gasteiger partial charge on any atom is 0.191 e. The highest BCUT2D eigenvalue weighted by atomic mass is 127. The highest BCUT2D eigenvalue weighted by molar-refractivity contribution is 14.0. The molecule has 0 aliphatic heterocycles. The third kappa shape index (κ3) is 6.21. The number of thiazole rings is 1. The highest BCUT2D eigenvalue weighted by Gasteiger charge is 2.06. The van der Waals surface area contributed by atoms with Crippen molar-refractivity contribution in [1.29, 1.82) is 0 Å². The van der Waals surface area contributed by atoms with Crippen LogP contribution in [0.15, 0.2) is 27.9 Å². The van der Waals surface area contributed by atoms with E-state index in [1.54, 1.807) is 29.7 Å². The Morgan fingerprint density at radius 2 is 2.14 bits per heavy atom. The molecule has 0 saturated carbocycles. The Bertz CT molecular complexity index is 564. The Kier molecular flexibility index (Phi) is 8.96. The molecule has 0 bridgehead atoms. The van der Waals surface area contributed by atoms with Crippen LogP contribution in [0.3, 0.4) is 0 Å². The van der Waals surface area contributed by atoms with E-state index in [0.29, 0.717) is 12.5 Å². The van der Waals surface area contributed by atoms with E-state index in [2.05, 4.69) is 57.4 Å². The van der Waals surface area contributed by atoms with Gasteiger partial charge in [-0.3, -0.25) is 4.99 Å². The van der Waals surface area contributed by atoms with Gasteiger partial charge in [0.15, 0.2) is 5.96 Å². The zero-order valence-corrected chi connectivity index (χ0v) is 17.1. The topological polar surface area (TPSA) is 49.3 Å². The summed E-state index contributed by atoms with van der Waals surface area (Å²) in [6.45, 7) is 5.93. The summed E-state index contributed by atoms with van der Waals surface area (Å²) in [6.07, 6.45) is 1.02. The van der Waals surface area contributed by atoms with Crippen LogP contribution in [-0.2, 0) is 13.0 Å². The molecule has 2 aromatic rings. The highest BCUT2D eigenvalue weighted by Crippen LogP contribution is 2.18. The van der Waals surface area contributed by atoms with Crippen molar-refractivity contribution in [3.05, 3.63) is 38.5 Å². The molecule has 0 atom stereocenters. The van der Waals surface area contributed by atoms with Gasteiger partial charge >= 0.3 is 0 Å². The normalized spacial score (nSPS) is 11.4. The summed E-state index contributed by atoms with van der Waals surface area (Å²) >= 11 is 3.51. The van der Waals surface area contributed by atoms with Crippen molar-refractivity contribution in [1.82, 2.24) is 15.6 Å². The van der Waals surface area contributed by atoms with Crippen molar-refractivity contribution < 1.29 is 0 Å². The van der Waals surface area contributed by atoms with Gasteiger partial charge < -0.3 is 10.6 Å². The molecule has 0 spiro atoms. The van der Waals surface area contributed by atoms with E-state index in [-0.39, 0.29) is 24.0 Å². The molecule has 7 heteroatoms. The first-order valence-corrected chi connectivity index (χ1v) is 8.86. The minimum atomic E-state index is 0. The third-order valence-electron chi connectivity index (χ3n) is 2.97. The summed E-state index contributed by atoms with van der Waals surface area (Å²) in [5.41, 5.74) is 1.07. The molecule has 0 aliphatic carbocycles. The zero-order chi connectivity index (χ0) is 15.1. The van der Waals surface area contributed by atoms with E-state index >= 15 is 0 Å². The summed E-state index contributed by atoms with van der Waals surface area (Å²) < 4.78 is 0. The Balaban J connectivity index is 0.00000242. The fourth-order valence-electron chi connectivity index (χ4n) is 1.82. The van der Waals surface area contributed by atoms with E-state index < -0.39 is 0 Å². The minimum Gasteiger partial charge on any atom is -0.356 e. The number of aliphatic imine (C=N–C) groups is 1. The molecule has 2 rings (SSSR count). The largest absolute Gasteiger partial charge is 0.356 e. The van der Waals surface area contributed by atoms with Crippen LogP contribution in [-0.4, -0.2) is 24.5 Å². The van der Waals surface area contributed by atoms with Crippen LogP contribution in [0.2, 0.25) is 0 Å². The summed E-state index contributed by atoms with van der Waals surface area (Å²) in [5.74, 6) is 1.32. The predicted octanol–water partition coefficient (Wildman–Crippen LogP) is 3.85. The number of hydrogen-bond acceptors (Lipinski definition) is 4. The summed E-state index contributed by atoms with van der Waals surface area (Å²) in [5, 5.41) is 12.0. The fourth-order valence-corrected chi connectivity index (χ4v) is 3.37. The van der Waals surface area contributed by atoms with Crippen LogP contribution in [0.5, 0.6) is 0 Å². The van der Waals surface area contributed by atoms with Crippen LogP contribution < -0.4 is 10.6 Å². The fraction of sp³-hybridized carbons (Fsp3) is 0.467. The number of halogens is 1. The van der Waals surface area contributed by atoms with Crippen LogP contribution in [0, 0.1) is 0 Å². The molecule has 0 aromatic carbocycles. The zero-order valence-electron chi connectivity index (χ0n) is 13.1. The lowest BCUT2D eigenvalue weighted by atomic mass is 10.2. The average molecular weight is 450 g/mol. The second-order valence-electron chi connectivity index (χ2n) is 5.01. The molecule has 0 aliphatic rings. The SMILES string of the molecule is CN=C(NCCc1cccs1)NCc1csc(C(C)C)n1.I. The Labute approximate surface area is 157 Å². The molecular formula is C15H23IN4S2. The van der Waals surface area contributed by atoms with Gasteiger partial charge in [0.05, 0.1) is 17.2 Å². The molecule has 0 unspecified atom stereocenters. The van der Waals surface area contributed by atoms with Gasteiger partial charge in [-0.2, -0.15) is 0 Å². The first-order chi connectivity index (χ1) is 10.2. The van der Waals surface area contributed by atoms with E-state index in [9.17, 15) is 0 Å². The number of hydrogen-bond donors (Lipinski definition) is 2. The lowest BCUT2D eigenvalue weighted by molar-refractivity contribution is 0.778. The molecule has 122 valence electrons. The van der Waals surface area contributed by atoms with E-state index in [0.717, 1.165) is 24.6 Å². The van der Waals surface area contributed by atoms with E-state index in [1.165, 1.54) is 9.88 Å². The van der Waals surface area contributed by atoms with E-state index in [1.807, 2.05) is 0 Å². The standard InChI is InChI=1S/C15H22N4S2.HI/c1-11(2)14-19-12(10-21-14)9-18-15(16-3)17-7-6-13-5-4-8-20-13;/h4-5,8,10-11H,6-7,9H2,1-3H3,(H2,16,17,18);1H. The predicted molar refractivity (Wildman–Crippen MR) is 108 cm³/mol. The molecule has 4 nitrogen and oxygen atoms in total. The third-order valence-corrected chi connectivity index (χ3v) is 5.10. The number of nitrogens with zero attached hydrogens (tertiary/aromatic N) is 2.